The van der Waals surface area contributed by atoms with E-state index in [1.165, 1.54) is 38.1 Å². The minimum absolute atomic E-state index is 0. The van der Waals surface area contributed by atoms with Crippen molar-refractivity contribution < 1.29 is 9.18 Å². The Kier molecular flexibility index (Phi) is 13.7. The topological polar surface area (TPSA) is 68.8 Å². The Hall–Kier alpha value is -1.42. The second kappa shape index (κ2) is 15.4. The van der Waals surface area contributed by atoms with Crippen molar-refractivity contribution in [3.8, 4) is 0 Å². The van der Waals surface area contributed by atoms with Crippen LogP contribution < -0.4 is 16.0 Å². The van der Waals surface area contributed by atoms with Crippen molar-refractivity contribution in [3.05, 3.63) is 35.6 Å². The largest absolute Gasteiger partial charge is 0.357 e. The molecular formula is C22H37FIN5O. The van der Waals surface area contributed by atoms with Gasteiger partial charge in [0, 0.05) is 26.2 Å². The second-order valence-corrected chi connectivity index (χ2v) is 7.72. The zero-order valence-electron chi connectivity index (χ0n) is 18.3. The Morgan fingerprint density at radius 2 is 1.80 bits per heavy atom. The van der Waals surface area contributed by atoms with E-state index in [0.29, 0.717) is 13.1 Å². The number of nitrogens with zero attached hydrogens (tertiary/aromatic N) is 2. The van der Waals surface area contributed by atoms with Crippen LogP contribution in [0.5, 0.6) is 0 Å². The van der Waals surface area contributed by atoms with Crippen LogP contribution >= 0.6 is 24.0 Å². The third kappa shape index (κ3) is 11.1. The van der Waals surface area contributed by atoms with E-state index in [2.05, 4.69) is 32.8 Å². The van der Waals surface area contributed by atoms with Crippen LogP contribution in [0.2, 0.25) is 0 Å². The fraction of sp³-hybridized carbons (Fsp3) is 0.636. The van der Waals surface area contributed by atoms with Crippen molar-refractivity contribution in [2.45, 2.75) is 39.5 Å². The lowest BCUT2D eigenvalue weighted by Gasteiger charge is -2.29. The van der Waals surface area contributed by atoms with Crippen LogP contribution in [0.3, 0.4) is 0 Å². The number of guanidine groups is 1. The number of benzene rings is 1. The molecule has 0 atom stereocenters. The Labute approximate surface area is 197 Å². The van der Waals surface area contributed by atoms with Gasteiger partial charge in [0.15, 0.2) is 5.96 Å². The normalized spacial score (nSPS) is 15.4. The van der Waals surface area contributed by atoms with E-state index in [4.69, 9.17) is 0 Å². The highest BCUT2D eigenvalue weighted by Crippen LogP contribution is 2.15. The molecule has 1 fully saturated rings. The summed E-state index contributed by atoms with van der Waals surface area (Å²) in [5.74, 6) is 1.29. The number of amides is 1. The van der Waals surface area contributed by atoms with Gasteiger partial charge in [-0.2, -0.15) is 0 Å². The highest BCUT2D eigenvalue weighted by atomic mass is 127. The van der Waals surface area contributed by atoms with Crippen molar-refractivity contribution in [2.24, 2.45) is 10.9 Å². The highest BCUT2D eigenvalue weighted by molar-refractivity contribution is 14.0. The van der Waals surface area contributed by atoms with Crippen LogP contribution in [0.1, 0.15) is 38.7 Å². The number of hydrogen-bond acceptors (Lipinski definition) is 3. The van der Waals surface area contributed by atoms with Crippen LogP contribution in [0.4, 0.5) is 4.39 Å². The molecule has 1 amide bonds. The molecular weight excluding hydrogens is 496 g/mol. The zero-order chi connectivity index (χ0) is 20.9. The molecule has 8 heteroatoms. The molecule has 6 nitrogen and oxygen atoms in total. The first-order valence-corrected chi connectivity index (χ1v) is 10.8. The lowest BCUT2D eigenvalue weighted by atomic mass is 9.99. The summed E-state index contributed by atoms with van der Waals surface area (Å²) in [6.07, 6.45) is 3.92. The van der Waals surface area contributed by atoms with E-state index >= 15 is 0 Å². The summed E-state index contributed by atoms with van der Waals surface area (Å²) >= 11 is 0. The monoisotopic (exact) mass is 533 g/mol. The molecule has 1 aliphatic heterocycles. The summed E-state index contributed by atoms with van der Waals surface area (Å²) in [4.78, 5) is 19.1. The number of rotatable bonds is 10. The van der Waals surface area contributed by atoms with Crippen molar-refractivity contribution in [3.63, 3.8) is 0 Å². The van der Waals surface area contributed by atoms with Crippen LogP contribution in [-0.4, -0.2) is 62.6 Å². The van der Waals surface area contributed by atoms with Gasteiger partial charge in [-0.1, -0.05) is 19.1 Å². The first-order valence-electron chi connectivity index (χ1n) is 10.8. The Bertz CT molecular complexity index is 633. The number of halogens is 2. The van der Waals surface area contributed by atoms with Crippen molar-refractivity contribution in [1.82, 2.24) is 20.9 Å². The van der Waals surface area contributed by atoms with Crippen LogP contribution in [0, 0.1) is 11.7 Å². The van der Waals surface area contributed by atoms with Gasteiger partial charge in [0.1, 0.15) is 5.82 Å². The first kappa shape index (κ1) is 26.6. The number of nitrogens with one attached hydrogen (secondary N) is 3. The Balaban J connectivity index is 0.00000450. The number of carbonyl (C=O) groups is 1. The van der Waals surface area contributed by atoms with E-state index in [1.54, 1.807) is 12.1 Å². The van der Waals surface area contributed by atoms with Crippen molar-refractivity contribution in [2.75, 3.05) is 45.8 Å². The summed E-state index contributed by atoms with van der Waals surface area (Å²) in [6, 6.07) is 6.01. The summed E-state index contributed by atoms with van der Waals surface area (Å²) in [5, 5.41) is 9.36. The smallest absolute Gasteiger partial charge is 0.224 e. The molecule has 0 unspecified atom stereocenters. The first-order chi connectivity index (χ1) is 14.1. The van der Waals surface area contributed by atoms with Gasteiger partial charge in [-0.15, -0.1) is 24.0 Å². The second-order valence-electron chi connectivity index (χ2n) is 7.72. The van der Waals surface area contributed by atoms with Gasteiger partial charge >= 0.3 is 0 Å². The van der Waals surface area contributed by atoms with E-state index in [0.717, 1.165) is 43.5 Å². The molecule has 2 rings (SSSR count). The molecule has 0 spiro atoms. The fourth-order valence-electron chi connectivity index (χ4n) is 3.35. The number of piperidine rings is 1. The molecule has 0 radical (unpaired) electrons. The number of likely N-dealkylation sites (tertiary alicyclic amines) is 1. The average Bonchev–Trinajstić information content (AvgIpc) is 2.71. The van der Waals surface area contributed by atoms with Gasteiger partial charge in [0.25, 0.3) is 0 Å². The minimum Gasteiger partial charge on any atom is -0.357 e. The number of aliphatic imine (C=N–C) groups is 1. The van der Waals surface area contributed by atoms with Crippen LogP contribution in [0.25, 0.3) is 0 Å². The molecule has 170 valence electrons. The van der Waals surface area contributed by atoms with Gasteiger partial charge in [-0.3, -0.25) is 9.79 Å². The summed E-state index contributed by atoms with van der Waals surface area (Å²) < 4.78 is 12.9. The maximum Gasteiger partial charge on any atom is 0.224 e. The Morgan fingerprint density at radius 3 is 2.47 bits per heavy atom. The predicted molar refractivity (Wildman–Crippen MR) is 132 cm³/mol. The summed E-state index contributed by atoms with van der Waals surface area (Å²) in [6.45, 7) is 10.6. The molecule has 1 aromatic rings. The minimum atomic E-state index is -0.292. The summed E-state index contributed by atoms with van der Waals surface area (Å²) in [5.41, 5.74) is 0.801. The van der Waals surface area contributed by atoms with Crippen LogP contribution in [0.15, 0.2) is 29.3 Å². The van der Waals surface area contributed by atoms with Gasteiger partial charge in [0.05, 0.1) is 6.42 Å². The highest BCUT2D eigenvalue weighted by Gasteiger charge is 2.14. The fourth-order valence-corrected chi connectivity index (χ4v) is 3.35. The molecule has 0 aliphatic carbocycles. The predicted octanol–water partition coefficient (Wildman–Crippen LogP) is 2.78. The molecule has 30 heavy (non-hydrogen) atoms. The van der Waals surface area contributed by atoms with Gasteiger partial charge in [0.2, 0.25) is 5.91 Å². The maximum absolute atomic E-state index is 12.9. The maximum atomic E-state index is 12.9. The van der Waals surface area contributed by atoms with E-state index in [9.17, 15) is 9.18 Å². The molecule has 1 aromatic carbocycles. The van der Waals surface area contributed by atoms with Crippen molar-refractivity contribution >= 4 is 35.8 Å². The third-order valence-electron chi connectivity index (χ3n) is 5.14. The summed E-state index contributed by atoms with van der Waals surface area (Å²) in [7, 11) is 0. The lowest BCUT2D eigenvalue weighted by molar-refractivity contribution is -0.120. The number of carbonyl (C=O) groups excluding carboxylic acids is 1. The molecule has 0 bridgehead atoms. The third-order valence-corrected chi connectivity index (χ3v) is 5.14. The average molecular weight is 533 g/mol. The van der Waals surface area contributed by atoms with Gasteiger partial charge in [-0.05, 0) is 69.4 Å². The SMILES string of the molecule is CCNC(=NCCCN1CCC(C)CC1)NCCNC(=O)Cc1ccc(F)cc1.I. The molecule has 0 saturated carbocycles. The van der Waals surface area contributed by atoms with Gasteiger partial charge < -0.3 is 20.9 Å². The van der Waals surface area contributed by atoms with E-state index < -0.39 is 0 Å². The quantitative estimate of drug-likeness (QED) is 0.187. The Morgan fingerprint density at radius 1 is 1.13 bits per heavy atom. The number of hydrogen-bond donors (Lipinski definition) is 3. The molecule has 1 aliphatic rings. The van der Waals surface area contributed by atoms with E-state index in [-0.39, 0.29) is 42.1 Å². The van der Waals surface area contributed by atoms with E-state index in [1.807, 2.05) is 6.92 Å². The zero-order valence-corrected chi connectivity index (χ0v) is 20.6. The molecule has 1 heterocycles. The van der Waals surface area contributed by atoms with Crippen LogP contribution in [-0.2, 0) is 11.2 Å². The lowest BCUT2D eigenvalue weighted by Crippen LogP contribution is -2.42. The van der Waals surface area contributed by atoms with Gasteiger partial charge in [-0.25, -0.2) is 4.39 Å². The standard InChI is InChI=1S/C22H36FN5O.HI/c1-3-24-22(26-11-4-14-28-15-9-18(2)10-16-28)27-13-12-25-21(29)17-19-5-7-20(23)8-6-19;/h5-8,18H,3-4,9-17H2,1-2H3,(H,25,29)(H2,24,26,27);1H. The molecule has 3 N–H and O–H groups in total. The molecule has 0 aromatic heterocycles. The van der Waals surface area contributed by atoms with Crippen molar-refractivity contribution in [1.29, 1.82) is 0 Å². The molecule has 1 saturated heterocycles.